The molecule has 6 nitrogen and oxygen atoms in total. The van der Waals surface area contributed by atoms with Crippen LogP contribution in [0.1, 0.15) is 31.7 Å². The number of carbonyl (C=O) groups is 1. The van der Waals surface area contributed by atoms with Crippen LogP contribution in [0.15, 0.2) is 34.2 Å². The molecule has 8 heteroatoms. The highest BCUT2D eigenvalue weighted by Gasteiger charge is 2.36. The van der Waals surface area contributed by atoms with Crippen molar-refractivity contribution in [1.82, 2.24) is 9.80 Å². The van der Waals surface area contributed by atoms with E-state index >= 15 is 0 Å². The van der Waals surface area contributed by atoms with Gasteiger partial charge in [-0.05, 0) is 43.9 Å². The van der Waals surface area contributed by atoms with Gasteiger partial charge in [-0.1, -0.05) is 23.7 Å². The maximum Gasteiger partial charge on any atom is 0.285 e. The Bertz CT molecular complexity index is 951. The van der Waals surface area contributed by atoms with E-state index in [1.54, 1.807) is 31.2 Å². The van der Waals surface area contributed by atoms with E-state index in [0.717, 1.165) is 25.8 Å². The molecule has 0 atom stereocenters. The summed E-state index contributed by atoms with van der Waals surface area (Å²) in [6, 6.07) is 6.83. The number of hydrogen-bond acceptors (Lipinski definition) is 4. The molecular formula is C19H22ClN3O3S. The molecule has 1 aliphatic carbocycles. The van der Waals surface area contributed by atoms with Gasteiger partial charge in [0.25, 0.3) is 10.0 Å². The molecule has 2 aliphatic heterocycles. The molecule has 1 aromatic carbocycles. The number of sulfonamides is 1. The molecule has 1 saturated heterocycles. The number of benzene rings is 1. The molecule has 144 valence electrons. The van der Waals surface area contributed by atoms with Gasteiger partial charge in [0.15, 0.2) is 0 Å². The Labute approximate surface area is 164 Å². The molecule has 0 bridgehead atoms. The Kier molecular flexibility index (Phi) is 4.76. The monoisotopic (exact) mass is 407 g/mol. The van der Waals surface area contributed by atoms with E-state index < -0.39 is 10.0 Å². The number of rotatable bonds is 2. The van der Waals surface area contributed by atoms with Gasteiger partial charge in [-0.15, -0.1) is 4.40 Å². The van der Waals surface area contributed by atoms with Gasteiger partial charge in [0.1, 0.15) is 10.7 Å². The largest absolute Gasteiger partial charge is 0.354 e. The first-order chi connectivity index (χ1) is 12.9. The molecule has 2 fully saturated rings. The summed E-state index contributed by atoms with van der Waals surface area (Å²) < 4.78 is 29.5. The molecule has 3 aliphatic rings. The number of nitrogens with zero attached hydrogens (tertiary/aromatic N) is 3. The number of hydrogen-bond donors (Lipinski definition) is 0. The highest BCUT2D eigenvalue weighted by molar-refractivity contribution is 8.00. The fourth-order valence-corrected chi connectivity index (χ4v) is 5.42. The van der Waals surface area contributed by atoms with E-state index in [0.29, 0.717) is 41.6 Å². The molecule has 1 saturated carbocycles. The Morgan fingerprint density at radius 3 is 2.67 bits per heavy atom. The highest BCUT2D eigenvalue weighted by Crippen LogP contribution is 2.35. The topological polar surface area (TPSA) is 70.1 Å². The minimum absolute atomic E-state index is 0.205. The van der Waals surface area contributed by atoms with Crippen molar-refractivity contribution >= 4 is 38.3 Å². The third kappa shape index (κ3) is 3.62. The molecule has 0 radical (unpaired) electrons. The van der Waals surface area contributed by atoms with Crippen LogP contribution in [0.5, 0.6) is 0 Å². The van der Waals surface area contributed by atoms with Crippen molar-refractivity contribution in [2.45, 2.75) is 26.2 Å². The van der Waals surface area contributed by atoms with Crippen molar-refractivity contribution in [3.05, 3.63) is 40.4 Å². The van der Waals surface area contributed by atoms with Gasteiger partial charge >= 0.3 is 0 Å². The summed E-state index contributed by atoms with van der Waals surface area (Å²) in [5.74, 6) is 0.937. The van der Waals surface area contributed by atoms with Crippen LogP contribution in [0.3, 0.4) is 0 Å². The van der Waals surface area contributed by atoms with Crippen LogP contribution in [-0.2, 0) is 14.8 Å². The van der Waals surface area contributed by atoms with Crippen molar-refractivity contribution in [2.75, 3.05) is 26.2 Å². The van der Waals surface area contributed by atoms with E-state index in [1.807, 2.05) is 9.80 Å². The first kappa shape index (κ1) is 18.5. The normalized spacial score (nSPS) is 22.7. The fourth-order valence-electron chi connectivity index (χ4n) is 3.75. The van der Waals surface area contributed by atoms with Gasteiger partial charge in [0.05, 0.1) is 0 Å². The molecule has 0 spiro atoms. The van der Waals surface area contributed by atoms with E-state index in [-0.39, 0.29) is 16.7 Å². The van der Waals surface area contributed by atoms with Crippen molar-refractivity contribution in [3.63, 3.8) is 0 Å². The predicted molar refractivity (Wildman–Crippen MR) is 106 cm³/mol. The lowest BCUT2D eigenvalue weighted by atomic mass is 10.1. The summed E-state index contributed by atoms with van der Waals surface area (Å²) in [7, 11) is -3.76. The zero-order chi connectivity index (χ0) is 19.2. The van der Waals surface area contributed by atoms with Crippen molar-refractivity contribution in [1.29, 1.82) is 0 Å². The van der Waals surface area contributed by atoms with Crippen molar-refractivity contribution in [3.8, 4) is 0 Å². The van der Waals surface area contributed by atoms with Crippen LogP contribution < -0.4 is 0 Å². The molecule has 0 unspecified atom stereocenters. The summed E-state index contributed by atoms with van der Waals surface area (Å²) in [6.45, 7) is 4.39. The Morgan fingerprint density at radius 1 is 1.19 bits per heavy atom. The third-order valence-corrected chi connectivity index (χ3v) is 6.97. The minimum Gasteiger partial charge on any atom is -0.354 e. The Hall–Kier alpha value is -1.86. The summed E-state index contributed by atoms with van der Waals surface area (Å²) in [5, 5.41) is 0.487. The van der Waals surface area contributed by atoms with Gasteiger partial charge in [-0.2, -0.15) is 8.42 Å². The van der Waals surface area contributed by atoms with Crippen LogP contribution in [0, 0.1) is 5.92 Å². The predicted octanol–water partition coefficient (Wildman–Crippen LogP) is 2.76. The lowest BCUT2D eigenvalue weighted by molar-refractivity contribution is -0.132. The van der Waals surface area contributed by atoms with E-state index in [1.165, 1.54) is 0 Å². The SMILES string of the molecule is CC1=C(c2cccc(Cl)c2)S(=O)(=O)N=C1N1CCCN(C(=O)C2CC2)CC1. The highest BCUT2D eigenvalue weighted by atomic mass is 35.5. The maximum atomic E-state index is 12.7. The quantitative estimate of drug-likeness (QED) is 0.755. The standard InChI is InChI=1S/C19H22ClN3O3S/c1-13-17(15-4-2-5-16(20)12-15)27(25,26)21-18(13)22-8-3-9-23(11-10-22)19(24)14-6-7-14/h2,4-5,12,14H,3,6-11H2,1H3. The second-order valence-corrected chi connectivity index (χ2v) is 9.27. The Balaban J connectivity index is 1.59. The number of halogens is 1. The zero-order valence-electron chi connectivity index (χ0n) is 15.2. The van der Waals surface area contributed by atoms with Gasteiger partial charge in [0, 0.05) is 42.7 Å². The molecule has 4 rings (SSSR count). The summed E-state index contributed by atoms with van der Waals surface area (Å²) in [6.07, 6.45) is 2.79. The number of amides is 1. The lowest BCUT2D eigenvalue weighted by Gasteiger charge is -2.23. The minimum atomic E-state index is -3.76. The van der Waals surface area contributed by atoms with Crippen molar-refractivity contribution in [2.24, 2.45) is 10.3 Å². The second-order valence-electron chi connectivity index (χ2n) is 7.29. The average molecular weight is 408 g/mol. The molecule has 1 amide bonds. The van der Waals surface area contributed by atoms with E-state index in [2.05, 4.69) is 4.40 Å². The molecule has 0 aromatic heterocycles. The summed E-state index contributed by atoms with van der Waals surface area (Å²) in [5.41, 5.74) is 1.19. The molecule has 0 N–H and O–H groups in total. The third-order valence-electron chi connectivity index (χ3n) is 5.26. The second kappa shape index (κ2) is 6.95. The summed E-state index contributed by atoms with van der Waals surface area (Å²) in [4.78, 5) is 16.5. The first-order valence-corrected chi connectivity index (χ1v) is 11.0. The van der Waals surface area contributed by atoms with Crippen LogP contribution >= 0.6 is 11.6 Å². The molecule has 27 heavy (non-hydrogen) atoms. The first-order valence-electron chi connectivity index (χ1n) is 9.23. The number of carbonyl (C=O) groups excluding carboxylic acids is 1. The zero-order valence-corrected chi connectivity index (χ0v) is 16.8. The van der Waals surface area contributed by atoms with Gasteiger partial charge in [-0.3, -0.25) is 4.79 Å². The lowest BCUT2D eigenvalue weighted by Crippen LogP contribution is -2.38. The van der Waals surface area contributed by atoms with Gasteiger partial charge in [-0.25, -0.2) is 0 Å². The van der Waals surface area contributed by atoms with E-state index in [9.17, 15) is 13.2 Å². The number of amidine groups is 1. The van der Waals surface area contributed by atoms with Crippen LogP contribution in [-0.4, -0.2) is 56.1 Å². The van der Waals surface area contributed by atoms with Crippen LogP contribution in [0.25, 0.3) is 4.91 Å². The molecule has 2 heterocycles. The van der Waals surface area contributed by atoms with E-state index in [4.69, 9.17) is 11.6 Å². The average Bonchev–Trinajstić information content (AvgIpc) is 3.43. The fraction of sp³-hybridized carbons (Fsp3) is 0.474. The van der Waals surface area contributed by atoms with Crippen molar-refractivity contribution < 1.29 is 13.2 Å². The summed E-state index contributed by atoms with van der Waals surface area (Å²) >= 11 is 6.04. The smallest absolute Gasteiger partial charge is 0.285 e. The van der Waals surface area contributed by atoms with Crippen LogP contribution in [0.2, 0.25) is 5.02 Å². The van der Waals surface area contributed by atoms with Gasteiger partial charge < -0.3 is 9.80 Å². The molecular weight excluding hydrogens is 386 g/mol. The Morgan fingerprint density at radius 2 is 1.96 bits per heavy atom. The maximum absolute atomic E-state index is 12.7. The van der Waals surface area contributed by atoms with Crippen LogP contribution in [0.4, 0.5) is 0 Å². The van der Waals surface area contributed by atoms with Gasteiger partial charge in [0.2, 0.25) is 5.91 Å². The molecule has 1 aromatic rings.